The minimum atomic E-state index is -0.0605. The molecule has 0 spiro atoms. The minimum Gasteiger partial charge on any atom is -0.338 e. The molecule has 0 unspecified atom stereocenters. The number of likely N-dealkylation sites (tertiary alicyclic amines) is 1. The molecule has 1 aromatic heterocycles. The largest absolute Gasteiger partial charge is 0.338 e. The number of hydrogen-bond acceptors (Lipinski definition) is 4. The van der Waals surface area contributed by atoms with E-state index in [0.29, 0.717) is 30.1 Å². The van der Waals surface area contributed by atoms with E-state index in [2.05, 4.69) is 30.2 Å². The number of nitriles is 1. The van der Waals surface area contributed by atoms with Crippen LogP contribution in [0.3, 0.4) is 0 Å². The lowest BCUT2D eigenvalue weighted by molar-refractivity contribution is 0.0689. The molecule has 0 N–H and O–H groups in total. The number of carbonyl (C=O) groups is 1. The topological polar surface area (TPSA) is 74.8 Å². The van der Waals surface area contributed by atoms with Crippen molar-refractivity contribution in [3.63, 3.8) is 0 Å². The highest BCUT2D eigenvalue weighted by Crippen LogP contribution is 2.24. The van der Waals surface area contributed by atoms with Gasteiger partial charge >= 0.3 is 0 Å². The summed E-state index contributed by atoms with van der Waals surface area (Å²) in [6, 6.07) is 9.37. The van der Waals surface area contributed by atoms with Gasteiger partial charge in [0.25, 0.3) is 5.91 Å². The summed E-state index contributed by atoms with van der Waals surface area (Å²) in [5, 5.41) is 17.7. The molecule has 6 nitrogen and oxygen atoms in total. The highest BCUT2D eigenvalue weighted by molar-refractivity contribution is 5.96. The molecule has 0 saturated carbocycles. The zero-order valence-electron chi connectivity index (χ0n) is 14.7. The van der Waals surface area contributed by atoms with E-state index < -0.39 is 0 Å². The number of rotatable bonds is 4. The van der Waals surface area contributed by atoms with Crippen molar-refractivity contribution in [3.05, 3.63) is 47.3 Å². The van der Waals surface area contributed by atoms with Crippen molar-refractivity contribution >= 4 is 5.91 Å². The third-order valence-corrected chi connectivity index (χ3v) is 4.58. The van der Waals surface area contributed by atoms with Gasteiger partial charge in [0.1, 0.15) is 0 Å². The molecule has 1 saturated heterocycles. The Morgan fingerprint density at radius 3 is 2.72 bits per heavy atom. The number of carbonyl (C=O) groups excluding carboxylic acids is 1. The van der Waals surface area contributed by atoms with Crippen LogP contribution < -0.4 is 0 Å². The molecule has 1 aliphatic rings. The normalized spacial score (nSPS) is 15.4. The van der Waals surface area contributed by atoms with Crippen molar-refractivity contribution < 1.29 is 4.79 Å². The van der Waals surface area contributed by atoms with Gasteiger partial charge in [-0.05, 0) is 37.3 Å². The monoisotopic (exact) mass is 337 g/mol. The number of aromatic nitrogens is 3. The molecule has 2 heterocycles. The summed E-state index contributed by atoms with van der Waals surface area (Å²) in [6.45, 7) is 5.68. The average molecular weight is 337 g/mol. The Morgan fingerprint density at radius 2 is 2.04 bits per heavy atom. The Balaban J connectivity index is 1.63. The first-order valence-electron chi connectivity index (χ1n) is 8.77. The van der Waals surface area contributed by atoms with Crippen LogP contribution in [0.25, 0.3) is 0 Å². The Hall–Kier alpha value is -2.68. The lowest BCUT2D eigenvalue weighted by atomic mass is 10.0. The molecule has 3 rings (SSSR count). The van der Waals surface area contributed by atoms with E-state index in [1.807, 2.05) is 15.8 Å². The van der Waals surface area contributed by atoms with Crippen molar-refractivity contribution in [2.45, 2.75) is 39.2 Å². The number of benzene rings is 1. The van der Waals surface area contributed by atoms with E-state index >= 15 is 0 Å². The van der Waals surface area contributed by atoms with Crippen LogP contribution >= 0.6 is 0 Å². The van der Waals surface area contributed by atoms with E-state index in [9.17, 15) is 10.1 Å². The quantitative estimate of drug-likeness (QED) is 0.860. The van der Waals surface area contributed by atoms with Crippen LogP contribution in [0.15, 0.2) is 30.5 Å². The molecule has 1 aliphatic heterocycles. The summed E-state index contributed by atoms with van der Waals surface area (Å²) in [6.07, 6.45) is 4.67. The van der Waals surface area contributed by atoms with Crippen molar-refractivity contribution in [1.82, 2.24) is 19.9 Å². The summed E-state index contributed by atoms with van der Waals surface area (Å²) < 4.78 is 1.95. The summed E-state index contributed by atoms with van der Waals surface area (Å²) in [7, 11) is 0. The van der Waals surface area contributed by atoms with Crippen LogP contribution in [0.1, 0.15) is 54.3 Å². The van der Waals surface area contributed by atoms with Gasteiger partial charge in [-0.1, -0.05) is 31.2 Å². The van der Waals surface area contributed by atoms with Crippen LogP contribution in [0.4, 0.5) is 0 Å². The Kier molecular flexibility index (Phi) is 5.13. The second-order valence-electron chi connectivity index (χ2n) is 6.97. The smallest absolute Gasteiger partial charge is 0.255 e. The van der Waals surface area contributed by atoms with Gasteiger partial charge in [0.15, 0.2) is 0 Å². The van der Waals surface area contributed by atoms with Gasteiger partial charge in [-0.15, -0.1) is 5.10 Å². The fourth-order valence-electron chi connectivity index (χ4n) is 3.27. The summed E-state index contributed by atoms with van der Waals surface area (Å²) in [4.78, 5) is 14.5. The zero-order chi connectivity index (χ0) is 17.8. The first kappa shape index (κ1) is 17.2. The molecular formula is C19H23N5O. The van der Waals surface area contributed by atoms with Crippen LogP contribution in [0.5, 0.6) is 0 Å². The zero-order valence-corrected chi connectivity index (χ0v) is 14.7. The van der Waals surface area contributed by atoms with E-state index in [0.717, 1.165) is 25.0 Å². The van der Waals surface area contributed by atoms with Crippen molar-refractivity contribution in [1.29, 1.82) is 5.26 Å². The second kappa shape index (κ2) is 7.47. The van der Waals surface area contributed by atoms with Gasteiger partial charge < -0.3 is 4.90 Å². The summed E-state index contributed by atoms with van der Waals surface area (Å²) in [5.41, 5.74) is 1.95. The second-order valence-corrected chi connectivity index (χ2v) is 6.97. The van der Waals surface area contributed by atoms with E-state index in [4.69, 9.17) is 0 Å². The summed E-state index contributed by atoms with van der Waals surface area (Å²) >= 11 is 0. The van der Waals surface area contributed by atoms with Crippen molar-refractivity contribution in [3.8, 4) is 6.07 Å². The third kappa shape index (κ3) is 3.87. The van der Waals surface area contributed by atoms with E-state index in [1.165, 1.54) is 0 Å². The van der Waals surface area contributed by atoms with Gasteiger partial charge in [-0.2, -0.15) is 5.26 Å². The van der Waals surface area contributed by atoms with Gasteiger partial charge in [-0.3, -0.25) is 4.79 Å². The maximum atomic E-state index is 12.7. The number of nitrogens with zero attached hydrogens (tertiary/aromatic N) is 5. The maximum Gasteiger partial charge on any atom is 0.255 e. The first-order valence-corrected chi connectivity index (χ1v) is 8.77. The lowest BCUT2D eigenvalue weighted by Gasteiger charge is -2.32. The van der Waals surface area contributed by atoms with Crippen LogP contribution in [-0.2, 0) is 6.42 Å². The lowest BCUT2D eigenvalue weighted by Crippen LogP contribution is -2.39. The van der Waals surface area contributed by atoms with Gasteiger partial charge in [0.2, 0.25) is 0 Å². The molecule has 2 aromatic rings. The molecule has 130 valence electrons. The molecule has 6 heteroatoms. The van der Waals surface area contributed by atoms with Crippen LogP contribution in [0, 0.1) is 17.2 Å². The van der Waals surface area contributed by atoms with Crippen LogP contribution in [-0.4, -0.2) is 38.9 Å². The highest BCUT2D eigenvalue weighted by Gasteiger charge is 2.26. The molecule has 0 bridgehead atoms. The number of piperidine rings is 1. The Bertz CT molecular complexity index is 781. The predicted molar refractivity (Wildman–Crippen MR) is 93.9 cm³/mol. The van der Waals surface area contributed by atoms with Gasteiger partial charge in [0.05, 0.1) is 28.9 Å². The summed E-state index contributed by atoms with van der Waals surface area (Å²) in [5.74, 6) is 0.500. The molecule has 0 atom stereocenters. The third-order valence-electron chi connectivity index (χ3n) is 4.58. The Morgan fingerprint density at radius 1 is 1.32 bits per heavy atom. The average Bonchev–Trinajstić information content (AvgIpc) is 3.09. The molecular weight excluding hydrogens is 314 g/mol. The van der Waals surface area contributed by atoms with Gasteiger partial charge in [-0.25, -0.2) is 4.68 Å². The van der Waals surface area contributed by atoms with Crippen LogP contribution in [0.2, 0.25) is 0 Å². The minimum absolute atomic E-state index is 0.0605. The Labute approximate surface area is 148 Å². The highest BCUT2D eigenvalue weighted by atomic mass is 16.2. The van der Waals surface area contributed by atoms with Gasteiger partial charge in [0, 0.05) is 19.3 Å². The standard InChI is InChI=1S/C19H23N5O/c1-14(2)11-16-13-24(22-21-16)17-7-9-23(10-8-17)19(25)18-6-4-3-5-15(18)12-20/h3-6,13-14,17H,7-11H2,1-2H3. The molecule has 25 heavy (non-hydrogen) atoms. The fraction of sp³-hybridized carbons (Fsp3) is 0.474. The number of hydrogen-bond donors (Lipinski definition) is 0. The van der Waals surface area contributed by atoms with Crippen molar-refractivity contribution in [2.24, 2.45) is 5.92 Å². The maximum absolute atomic E-state index is 12.7. The SMILES string of the molecule is CC(C)Cc1cn(C2CCN(C(=O)c3ccccc3C#N)CC2)nn1. The van der Waals surface area contributed by atoms with Crippen molar-refractivity contribution in [2.75, 3.05) is 13.1 Å². The van der Waals surface area contributed by atoms with E-state index in [1.54, 1.807) is 24.3 Å². The molecule has 1 fully saturated rings. The first-order chi connectivity index (χ1) is 12.1. The number of amides is 1. The van der Waals surface area contributed by atoms with E-state index in [-0.39, 0.29) is 11.9 Å². The predicted octanol–water partition coefficient (Wildman–Crippen LogP) is 2.83. The molecule has 1 amide bonds. The fourth-order valence-corrected chi connectivity index (χ4v) is 3.27. The molecule has 0 aliphatic carbocycles. The molecule has 1 aromatic carbocycles. The molecule has 0 radical (unpaired) electrons.